The first kappa shape index (κ1) is 27.0. The van der Waals surface area contributed by atoms with Crippen LogP contribution in [0, 0.1) is 3.57 Å². The molecule has 1 saturated heterocycles. The molecule has 0 spiro atoms. The van der Waals surface area contributed by atoms with Crippen LogP contribution in [0.4, 0.5) is 5.69 Å². The number of hydrogen-bond donors (Lipinski definition) is 2. The fraction of sp³-hybridized carbons (Fsp3) is 0.304. The lowest BCUT2D eigenvalue weighted by Crippen LogP contribution is -2.32. The van der Waals surface area contributed by atoms with Gasteiger partial charge in [-0.2, -0.15) is 5.10 Å². The monoisotopic (exact) mass is 632 g/mol. The van der Waals surface area contributed by atoms with Crippen molar-refractivity contribution in [3.63, 3.8) is 0 Å². The molecule has 1 heterocycles. The Balaban J connectivity index is 1.62. The standard InChI is InChI=1S/C23H23Cl2IN4O5/c1-2-34-18-11-14(10-16(26)21(18)35-13-19(31)30-8-3-4-9-30)12-27-29-23(33)22(32)28-17-7-5-6-15(24)20(17)25/h5-7,10-12H,2-4,8-9,13H2,1H3,(H,28,32)(H,29,33)/b27-12-. The van der Waals surface area contributed by atoms with Gasteiger partial charge in [0.05, 0.1) is 32.1 Å². The van der Waals surface area contributed by atoms with E-state index in [4.69, 9.17) is 32.7 Å². The maximum atomic E-state index is 12.3. The Morgan fingerprint density at radius 2 is 1.89 bits per heavy atom. The van der Waals surface area contributed by atoms with Gasteiger partial charge in [0, 0.05) is 13.1 Å². The van der Waals surface area contributed by atoms with Gasteiger partial charge in [-0.15, -0.1) is 0 Å². The third kappa shape index (κ3) is 7.45. The van der Waals surface area contributed by atoms with Gasteiger partial charge < -0.3 is 19.7 Å². The number of carbonyl (C=O) groups is 3. The van der Waals surface area contributed by atoms with E-state index in [9.17, 15) is 14.4 Å². The number of nitrogens with one attached hydrogen (secondary N) is 2. The van der Waals surface area contributed by atoms with Gasteiger partial charge >= 0.3 is 11.8 Å². The fourth-order valence-electron chi connectivity index (χ4n) is 3.25. The molecule has 186 valence electrons. The molecule has 0 radical (unpaired) electrons. The van der Waals surface area contributed by atoms with Crippen molar-refractivity contribution in [2.24, 2.45) is 5.10 Å². The highest BCUT2D eigenvalue weighted by Crippen LogP contribution is 2.34. The first-order chi connectivity index (χ1) is 16.8. The number of ether oxygens (including phenoxy) is 2. The summed E-state index contributed by atoms with van der Waals surface area (Å²) in [5.74, 6) is -1.11. The molecule has 0 aromatic heterocycles. The van der Waals surface area contributed by atoms with E-state index in [1.54, 1.807) is 29.2 Å². The quantitative estimate of drug-likeness (QED) is 0.197. The van der Waals surface area contributed by atoms with E-state index in [1.165, 1.54) is 12.3 Å². The van der Waals surface area contributed by atoms with Crippen molar-refractivity contribution in [1.82, 2.24) is 10.3 Å². The molecule has 1 fully saturated rings. The number of carbonyl (C=O) groups excluding carboxylic acids is 3. The first-order valence-electron chi connectivity index (χ1n) is 10.8. The van der Waals surface area contributed by atoms with Crippen molar-refractivity contribution in [2.45, 2.75) is 19.8 Å². The highest BCUT2D eigenvalue weighted by Gasteiger charge is 2.20. The summed E-state index contributed by atoms with van der Waals surface area (Å²) in [4.78, 5) is 38.3. The molecule has 1 aliphatic heterocycles. The second-order valence-electron chi connectivity index (χ2n) is 7.39. The molecule has 2 N–H and O–H groups in total. The number of hydrogen-bond acceptors (Lipinski definition) is 6. The van der Waals surface area contributed by atoms with Crippen molar-refractivity contribution < 1.29 is 23.9 Å². The number of anilines is 1. The van der Waals surface area contributed by atoms with Crippen molar-refractivity contribution in [2.75, 3.05) is 31.6 Å². The summed E-state index contributed by atoms with van der Waals surface area (Å²) in [6, 6.07) is 8.09. The molecule has 12 heteroatoms. The summed E-state index contributed by atoms with van der Waals surface area (Å²) in [5, 5.41) is 6.59. The largest absolute Gasteiger partial charge is 0.490 e. The van der Waals surface area contributed by atoms with E-state index in [0.717, 1.165) is 25.9 Å². The molecular weight excluding hydrogens is 610 g/mol. The molecule has 0 saturated carbocycles. The molecule has 0 aliphatic carbocycles. The van der Waals surface area contributed by atoms with Crippen LogP contribution >= 0.6 is 45.8 Å². The Kier molecular flexibility index (Phi) is 9.99. The number of amides is 3. The van der Waals surface area contributed by atoms with Crippen LogP contribution in [0.5, 0.6) is 11.5 Å². The van der Waals surface area contributed by atoms with Gasteiger partial charge in [0.1, 0.15) is 0 Å². The summed E-state index contributed by atoms with van der Waals surface area (Å²) >= 11 is 14.0. The number of rotatable bonds is 8. The van der Waals surface area contributed by atoms with E-state index in [-0.39, 0.29) is 28.2 Å². The minimum atomic E-state index is -0.989. The van der Waals surface area contributed by atoms with Gasteiger partial charge in [0.25, 0.3) is 5.91 Å². The number of likely N-dealkylation sites (tertiary alicyclic amines) is 1. The molecule has 35 heavy (non-hydrogen) atoms. The zero-order valence-electron chi connectivity index (χ0n) is 18.8. The number of hydrazone groups is 1. The molecule has 0 unspecified atom stereocenters. The second kappa shape index (κ2) is 12.9. The van der Waals surface area contributed by atoms with E-state index in [2.05, 4.69) is 38.4 Å². The molecule has 0 atom stereocenters. The molecule has 3 amide bonds. The van der Waals surface area contributed by atoms with Gasteiger partial charge in [-0.1, -0.05) is 29.3 Å². The van der Waals surface area contributed by atoms with Gasteiger partial charge in [0.2, 0.25) is 0 Å². The van der Waals surface area contributed by atoms with Gasteiger partial charge in [0.15, 0.2) is 18.1 Å². The van der Waals surface area contributed by atoms with Crippen molar-refractivity contribution in [3.05, 3.63) is 49.5 Å². The van der Waals surface area contributed by atoms with Crippen LogP contribution in [0.2, 0.25) is 10.0 Å². The van der Waals surface area contributed by atoms with Crippen LogP contribution in [0.25, 0.3) is 0 Å². The van der Waals surface area contributed by atoms with Crippen molar-refractivity contribution >= 4 is 75.4 Å². The van der Waals surface area contributed by atoms with E-state index in [0.29, 0.717) is 27.2 Å². The Morgan fingerprint density at radius 3 is 2.60 bits per heavy atom. The topological polar surface area (TPSA) is 109 Å². The summed E-state index contributed by atoms with van der Waals surface area (Å²) in [6.07, 6.45) is 3.38. The minimum Gasteiger partial charge on any atom is -0.490 e. The molecule has 3 rings (SSSR count). The Bertz CT molecular complexity index is 1140. The smallest absolute Gasteiger partial charge is 0.329 e. The van der Waals surface area contributed by atoms with Crippen LogP contribution in [-0.2, 0) is 14.4 Å². The average Bonchev–Trinajstić information content (AvgIpc) is 3.36. The lowest BCUT2D eigenvalue weighted by molar-refractivity contribution is -0.136. The minimum absolute atomic E-state index is 0.0635. The third-order valence-corrected chi connectivity index (χ3v) is 6.54. The predicted molar refractivity (Wildman–Crippen MR) is 142 cm³/mol. The molecule has 0 bridgehead atoms. The summed E-state index contributed by atoms with van der Waals surface area (Å²) in [5.41, 5.74) is 2.96. The van der Waals surface area contributed by atoms with Crippen LogP contribution in [0.3, 0.4) is 0 Å². The summed E-state index contributed by atoms with van der Waals surface area (Å²) < 4.78 is 12.2. The number of nitrogens with zero attached hydrogens (tertiary/aromatic N) is 2. The van der Waals surface area contributed by atoms with Crippen molar-refractivity contribution in [3.8, 4) is 11.5 Å². The number of halogens is 3. The zero-order chi connectivity index (χ0) is 25.4. The SMILES string of the molecule is CCOc1cc(/C=N\NC(=O)C(=O)Nc2cccc(Cl)c2Cl)cc(I)c1OCC(=O)N1CCCC1. The predicted octanol–water partition coefficient (Wildman–Crippen LogP) is 4.09. The summed E-state index contributed by atoms with van der Waals surface area (Å²) in [6.45, 7) is 3.64. The lowest BCUT2D eigenvalue weighted by Gasteiger charge is -2.18. The van der Waals surface area contributed by atoms with E-state index in [1.807, 2.05) is 6.92 Å². The molecule has 2 aromatic carbocycles. The zero-order valence-corrected chi connectivity index (χ0v) is 22.4. The van der Waals surface area contributed by atoms with Gasteiger partial charge in [-0.3, -0.25) is 14.4 Å². The molecule has 2 aromatic rings. The van der Waals surface area contributed by atoms with E-state index < -0.39 is 11.8 Å². The maximum Gasteiger partial charge on any atom is 0.329 e. The van der Waals surface area contributed by atoms with Crippen molar-refractivity contribution in [1.29, 1.82) is 0 Å². The molecule has 9 nitrogen and oxygen atoms in total. The second-order valence-corrected chi connectivity index (χ2v) is 9.34. The Hall–Kier alpha value is -2.57. The lowest BCUT2D eigenvalue weighted by atomic mass is 10.2. The average molecular weight is 633 g/mol. The maximum absolute atomic E-state index is 12.3. The van der Waals surface area contributed by atoms with Crippen LogP contribution in [0.15, 0.2) is 35.4 Å². The first-order valence-corrected chi connectivity index (χ1v) is 12.6. The molecule has 1 aliphatic rings. The van der Waals surface area contributed by atoms with Gasteiger partial charge in [-0.25, -0.2) is 5.43 Å². The Labute approximate surface area is 226 Å². The third-order valence-electron chi connectivity index (χ3n) is 4.92. The highest BCUT2D eigenvalue weighted by molar-refractivity contribution is 14.1. The normalized spacial score (nSPS) is 13.1. The molecular formula is C23H23Cl2IN4O5. The Morgan fingerprint density at radius 1 is 1.14 bits per heavy atom. The van der Waals surface area contributed by atoms with Crippen LogP contribution in [0.1, 0.15) is 25.3 Å². The fourth-order valence-corrected chi connectivity index (χ4v) is 4.38. The number of benzene rings is 2. The van der Waals surface area contributed by atoms with Crippen LogP contribution in [-0.4, -0.2) is 55.1 Å². The summed E-state index contributed by atoms with van der Waals surface area (Å²) in [7, 11) is 0. The highest BCUT2D eigenvalue weighted by atomic mass is 127. The van der Waals surface area contributed by atoms with Crippen LogP contribution < -0.4 is 20.2 Å². The van der Waals surface area contributed by atoms with E-state index >= 15 is 0 Å². The van der Waals surface area contributed by atoms with Gasteiger partial charge in [-0.05, 0) is 72.2 Å².